The van der Waals surface area contributed by atoms with Gasteiger partial charge in [0.15, 0.2) is 0 Å². The van der Waals surface area contributed by atoms with Crippen LogP contribution in [0.15, 0.2) is 24.3 Å². The molecule has 1 aromatic rings. The lowest BCUT2D eigenvalue weighted by Crippen LogP contribution is -2.34. The molecule has 0 saturated heterocycles. The number of rotatable bonds is 6. The Labute approximate surface area is 131 Å². The van der Waals surface area contributed by atoms with Gasteiger partial charge in [0.2, 0.25) is 0 Å². The van der Waals surface area contributed by atoms with E-state index in [1.807, 2.05) is 31.2 Å². The van der Waals surface area contributed by atoms with E-state index in [0.29, 0.717) is 12.8 Å². The Kier molecular flexibility index (Phi) is 6.40. The van der Waals surface area contributed by atoms with Crippen LogP contribution in [-0.4, -0.2) is 29.3 Å². The summed E-state index contributed by atoms with van der Waals surface area (Å²) in [5, 5.41) is 11.9. The van der Waals surface area contributed by atoms with Gasteiger partial charge in [0.25, 0.3) is 0 Å². The molecule has 1 aromatic carbocycles. The minimum atomic E-state index is -0.855. The van der Waals surface area contributed by atoms with Gasteiger partial charge in [0.05, 0.1) is 5.92 Å². The lowest BCUT2D eigenvalue weighted by molar-refractivity contribution is -0.141. The first-order valence-electron chi connectivity index (χ1n) is 7.42. The van der Waals surface area contributed by atoms with Gasteiger partial charge < -0.3 is 15.2 Å². The first-order valence-corrected chi connectivity index (χ1v) is 7.42. The summed E-state index contributed by atoms with van der Waals surface area (Å²) in [5.41, 5.74) is 1.57. The van der Waals surface area contributed by atoms with E-state index in [1.165, 1.54) is 0 Å². The maximum atomic E-state index is 11.5. The molecule has 0 unspecified atom stereocenters. The summed E-state index contributed by atoms with van der Waals surface area (Å²) in [5.74, 6) is -1.38. The largest absolute Gasteiger partial charge is 0.481 e. The Morgan fingerprint density at radius 3 is 2.32 bits per heavy atom. The molecule has 2 N–H and O–H groups in total. The number of ether oxygens (including phenoxy) is 1. The Hall–Kier alpha value is -2.04. The van der Waals surface area contributed by atoms with Crippen molar-refractivity contribution in [2.75, 3.05) is 6.54 Å². The molecule has 0 bridgehead atoms. The second kappa shape index (κ2) is 7.82. The second-order valence-corrected chi connectivity index (χ2v) is 6.44. The van der Waals surface area contributed by atoms with Crippen LogP contribution in [0.4, 0.5) is 4.79 Å². The number of carboxylic acids is 1. The van der Waals surface area contributed by atoms with E-state index in [1.54, 1.807) is 20.8 Å². The van der Waals surface area contributed by atoms with Gasteiger partial charge in [-0.25, -0.2) is 4.79 Å². The normalized spacial score (nSPS) is 12.5. The van der Waals surface area contributed by atoms with Gasteiger partial charge >= 0.3 is 12.1 Å². The van der Waals surface area contributed by atoms with Crippen LogP contribution >= 0.6 is 0 Å². The molecule has 1 atom stereocenters. The SMILES string of the molecule is Cc1ccc(C[C@H](CCNC(=O)OC(C)(C)C)C(=O)O)cc1. The number of alkyl carbamates (subject to hydrolysis) is 1. The van der Waals surface area contributed by atoms with E-state index in [2.05, 4.69) is 5.32 Å². The summed E-state index contributed by atoms with van der Waals surface area (Å²) in [4.78, 5) is 22.9. The molecule has 22 heavy (non-hydrogen) atoms. The van der Waals surface area contributed by atoms with Crippen molar-refractivity contribution < 1.29 is 19.4 Å². The summed E-state index contributed by atoms with van der Waals surface area (Å²) in [6.45, 7) is 7.61. The van der Waals surface area contributed by atoms with Crippen LogP contribution in [0.1, 0.15) is 38.3 Å². The van der Waals surface area contributed by atoms with Crippen LogP contribution in [0.2, 0.25) is 0 Å². The van der Waals surface area contributed by atoms with Crippen molar-refractivity contribution in [1.82, 2.24) is 5.32 Å². The molecular weight excluding hydrogens is 282 g/mol. The highest BCUT2D eigenvalue weighted by molar-refractivity contribution is 5.71. The van der Waals surface area contributed by atoms with E-state index >= 15 is 0 Å². The number of aryl methyl sites for hydroxylation is 1. The summed E-state index contributed by atoms with van der Waals surface area (Å²) in [7, 11) is 0. The Morgan fingerprint density at radius 1 is 1.23 bits per heavy atom. The monoisotopic (exact) mass is 307 g/mol. The molecular formula is C17H25NO4. The maximum Gasteiger partial charge on any atom is 0.407 e. The van der Waals surface area contributed by atoms with Gasteiger partial charge in [-0.3, -0.25) is 4.79 Å². The van der Waals surface area contributed by atoms with Gasteiger partial charge in [0, 0.05) is 6.54 Å². The van der Waals surface area contributed by atoms with Crippen LogP contribution in [0, 0.1) is 12.8 Å². The fraction of sp³-hybridized carbons (Fsp3) is 0.529. The zero-order valence-corrected chi connectivity index (χ0v) is 13.7. The number of amides is 1. The van der Waals surface area contributed by atoms with Crippen LogP contribution < -0.4 is 5.32 Å². The number of carboxylic acid groups (broad SMARTS) is 1. The van der Waals surface area contributed by atoms with Gasteiger partial charge in [0.1, 0.15) is 5.60 Å². The molecule has 0 aromatic heterocycles. The van der Waals surface area contributed by atoms with E-state index in [0.717, 1.165) is 11.1 Å². The van der Waals surface area contributed by atoms with Crippen molar-refractivity contribution in [2.45, 2.75) is 46.1 Å². The van der Waals surface area contributed by atoms with Gasteiger partial charge in [-0.1, -0.05) is 29.8 Å². The fourth-order valence-corrected chi connectivity index (χ4v) is 1.98. The van der Waals surface area contributed by atoms with Crippen molar-refractivity contribution in [3.8, 4) is 0 Å². The number of hydrogen-bond acceptors (Lipinski definition) is 3. The van der Waals surface area contributed by atoms with Crippen molar-refractivity contribution in [3.63, 3.8) is 0 Å². The van der Waals surface area contributed by atoms with Gasteiger partial charge in [-0.05, 0) is 46.1 Å². The number of carbonyl (C=O) groups is 2. The maximum absolute atomic E-state index is 11.5. The second-order valence-electron chi connectivity index (χ2n) is 6.44. The van der Waals surface area contributed by atoms with Crippen molar-refractivity contribution in [1.29, 1.82) is 0 Å². The number of carbonyl (C=O) groups excluding carboxylic acids is 1. The topological polar surface area (TPSA) is 75.6 Å². The molecule has 0 fully saturated rings. The average Bonchev–Trinajstić information content (AvgIpc) is 2.37. The Bertz CT molecular complexity index is 502. The minimum absolute atomic E-state index is 0.276. The standard InChI is InChI=1S/C17H25NO4/c1-12-5-7-13(8-6-12)11-14(15(19)20)9-10-18-16(21)22-17(2,3)4/h5-8,14H,9-11H2,1-4H3,(H,18,21)(H,19,20)/t14-/m0/s1. The van der Waals surface area contributed by atoms with Crippen molar-refractivity contribution >= 4 is 12.1 Å². The molecule has 5 nitrogen and oxygen atoms in total. The molecule has 0 saturated carbocycles. The first kappa shape index (κ1) is 18.0. The zero-order valence-electron chi connectivity index (χ0n) is 13.7. The predicted octanol–water partition coefficient (Wildman–Crippen LogP) is 3.15. The van der Waals surface area contributed by atoms with Crippen LogP contribution in [-0.2, 0) is 16.0 Å². The highest BCUT2D eigenvalue weighted by atomic mass is 16.6. The van der Waals surface area contributed by atoms with Gasteiger partial charge in [-0.2, -0.15) is 0 Å². The fourth-order valence-electron chi connectivity index (χ4n) is 1.98. The predicted molar refractivity (Wildman–Crippen MR) is 84.9 cm³/mol. The van der Waals surface area contributed by atoms with E-state index in [4.69, 9.17) is 4.74 Å². The highest BCUT2D eigenvalue weighted by Crippen LogP contribution is 2.14. The molecule has 0 aliphatic heterocycles. The smallest absolute Gasteiger partial charge is 0.407 e. The Morgan fingerprint density at radius 2 is 1.82 bits per heavy atom. The lowest BCUT2D eigenvalue weighted by atomic mass is 9.96. The average molecular weight is 307 g/mol. The number of benzene rings is 1. The third kappa shape index (κ3) is 7.11. The summed E-state index contributed by atoms with van der Waals surface area (Å²) in [6.07, 6.45) is 0.292. The van der Waals surface area contributed by atoms with Crippen molar-refractivity contribution in [3.05, 3.63) is 35.4 Å². The number of hydrogen-bond donors (Lipinski definition) is 2. The number of nitrogens with one attached hydrogen (secondary N) is 1. The minimum Gasteiger partial charge on any atom is -0.481 e. The molecule has 5 heteroatoms. The van der Waals surface area contributed by atoms with Crippen LogP contribution in [0.25, 0.3) is 0 Å². The zero-order chi connectivity index (χ0) is 16.8. The Balaban J connectivity index is 2.46. The van der Waals surface area contributed by atoms with Crippen LogP contribution in [0.3, 0.4) is 0 Å². The molecule has 1 rings (SSSR count). The highest BCUT2D eigenvalue weighted by Gasteiger charge is 2.20. The van der Waals surface area contributed by atoms with Gasteiger partial charge in [-0.15, -0.1) is 0 Å². The van der Waals surface area contributed by atoms with E-state index in [9.17, 15) is 14.7 Å². The van der Waals surface area contributed by atoms with Crippen molar-refractivity contribution in [2.24, 2.45) is 5.92 Å². The molecule has 0 aliphatic carbocycles. The lowest BCUT2D eigenvalue weighted by Gasteiger charge is -2.20. The first-order chi connectivity index (χ1) is 10.2. The molecule has 0 radical (unpaired) electrons. The molecule has 0 heterocycles. The van der Waals surface area contributed by atoms with E-state index in [-0.39, 0.29) is 6.54 Å². The summed E-state index contributed by atoms with van der Waals surface area (Å²) >= 11 is 0. The third-order valence-electron chi connectivity index (χ3n) is 3.11. The summed E-state index contributed by atoms with van der Waals surface area (Å²) < 4.78 is 5.11. The third-order valence-corrected chi connectivity index (χ3v) is 3.11. The van der Waals surface area contributed by atoms with E-state index < -0.39 is 23.6 Å². The molecule has 0 aliphatic rings. The molecule has 1 amide bonds. The van der Waals surface area contributed by atoms with Crippen LogP contribution in [0.5, 0.6) is 0 Å². The molecule has 122 valence electrons. The quantitative estimate of drug-likeness (QED) is 0.846. The number of aliphatic carboxylic acids is 1. The summed E-state index contributed by atoms with van der Waals surface area (Å²) in [6, 6.07) is 7.81. The molecule has 0 spiro atoms.